The molecule has 2 aromatic carbocycles. The van der Waals surface area contributed by atoms with E-state index >= 15 is 0 Å². The molecule has 0 N–H and O–H groups in total. The van der Waals surface area contributed by atoms with Gasteiger partial charge in [0.15, 0.2) is 0 Å². The maximum atomic E-state index is 13.0. The van der Waals surface area contributed by atoms with E-state index in [1.165, 1.54) is 6.07 Å². The minimum Gasteiger partial charge on any atom is -0.489 e. The highest BCUT2D eigenvalue weighted by Crippen LogP contribution is 2.30. The summed E-state index contributed by atoms with van der Waals surface area (Å²) in [5.74, 6) is 0.871. The topological polar surface area (TPSA) is 54.9 Å². The van der Waals surface area contributed by atoms with Crippen LogP contribution < -0.4 is 9.64 Å². The number of pyridine rings is 1. The average Bonchev–Trinajstić information content (AvgIpc) is 2.87. The molecule has 1 aliphatic heterocycles. The van der Waals surface area contributed by atoms with Gasteiger partial charge in [0, 0.05) is 38.9 Å². The highest BCUT2D eigenvalue weighted by atomic mass is 19.4. The largest absolute Gasteiger partial charge is 0.489 e. The second-order valence-electron chi connectivity index (χ2n) is 9.23. The molecule has 1 saturated heterocycles. The molecular formula is C28H30F3N3O3. The van der Waals surface area contributed by atoms with E-state index in [1.54, 1.807) is 30.5 Å². The first-order chi connectivity index (χ1) is 17.7. The quantitative estimate of drug-likeness (QED) is 0.368. The SMILES string of the molecule is CC(C)OC(=O)c1cccnc1N1CCN(Cc2cccc(OCc3cccc(C(F)(F)F)c3)c2)CC1. The van der Waals surface area contributed by atoms with Gasteiger partial charge < -0.3 is 14.4 Å². The molecule has 0 radical (unpaired) electrons. The lowest BCUT2D eigenvalue weighted by atomic mass is 10.1. The van der Waals surface area contributed by atoms with Gasteiger partial charge in [0.05, 0.1) is 11.7 Å². The number of anilines is 1. The van der Waals surface area contributed by atoms with Crippen LogP contribution in [0.5, 0.6) is 5.75 Å². The standard InChI is InChI=1S/C28H30F3N3O3/c1-20(2)37-27(35)25-10-5-11-32-26(25)34-14-12-33(13-15-34)18-21-6-4-9-24(17-21)36-19-22-7-3-8-23(16-22)28(29,30)31/h3-11,16-17,20H,12-15,18-19H2,1-2H3. The predicted molar refractivity (Wildman–Crippen MR) is 134 cm³/mol. The predicted octanol–water partition coefficient (Wildman–Crippen LogP) is 5.57. The number of carbonyl (C=O) groups excluding carboxylic acids is 1. The number of rotatable bonds is 8. The lowest BCUT2D eigenvalue weighted by Gasteiger charge is -2.36. The minimum absolute atomic E-state index is 0.0533. The zero-order valence-electron chi connectivity index (χ0n) is 20.9. The summed E-state index contributed by atoms with van der Waals surface area (Å²) in [4.78, 5) is 21.3. The summed E-state index contributed by atoms with van der Waals surface area (Å²) in [6.07, 6.45) is -2.91. The Morgan fingerprint density at radius 1 is 0.973 bits per heavy atom. The number of aromatic nitrogens is 1. The molecule has 0 amide bonds. The molecule has 0 atom stereocenters. The van der Waals surface area contributed by atoms with Crippen molar-refractivity contribution in [3.05, 3.63) is 89.1 Å². The van der Waals surface area contributed by atoms with E-state index in [0.717, 1.165) is 30.8 Å². The summed E-state index contributed by atoms with van der Waals surface area (Å²) in [7, 11) is 0. The van der Waals surface area contributed by atoms with Crippen molar-refractivity contribution in [2.24, 2.45) is 0 Å². The Labute approximate surface area is 214 Å². The lowest BCUT2D eigenvalue weighted by molar-refractivity contribution is -0.137. The van der Waals surface area contributed by atoms with E-state index in [4.69, 9.17) is 9.47 Å². The van der Waals surface area contributed by atoms with Gasteiger partial charge in [-0.05, 0) is 61.4 Å². The number of benzene rings is 2. The van der Waals surface area contributed by atoms with Crippen LogP contribution in [-0.2, 0) is 24.1 Å². The van der Waals surface area contributed by atoms with Crippen molar-refractivity contribution >= 4 is 11.8 Å². The number of piperazine rings is 1. The van der Waals surface area contributed by atoms with Gasteiger partial charge in [0.25, 0.3) is 0 Å². The van der Waals surface area contributed by atoms with Crippen LogP contribution in [-0.4, -0.2) is 48.1 Å². The number of esters is 1. The van der Waals surface area contributed by atoms with Gasteiger partial charge in [-0.15, -0.1) is 0 Å². The Morgan fingerprint density at radius 2 is 1.70 bits per heavy atom. The Hall–Kier alpha value is -3.59. The number of hydrogen-bond acceptors (Lipinski definition) is 6. The van der Waals surface area contributed by atoms with Crippen molar-refractivity contribution < 1.29 is 27.4 Å². The molecule has 0 spiro atoms. The third-order valence-electron chi connectivity index (χ3n) is 5.99. The summed E-state index contributed by atoms with van der Waals surface area (Å²) in [6.45, 7) is 7.39. The fourth-order valence-corrected chi connectivity index (χ4v) is 4.20. The lowest BCUT2D eigenvalue weighted by Crippen LogP contribution is -2.46. The minimum atomic E-state index is -4.38. The molecule has 0 unspecified atom stereocenters. The van der Waals surface area contributed by atoms with Gasteiger partial charge >= 0.3 is 12.1 Å². The molecule has 37 heavy (non-hydrogen) atoms. The zero-order chi connectivity index (χ0) is 26.4. The van der Waals surface area contributed by atoms with Gasteiger partial charge in [0.1, 0.15) is 23.7 Å². The number of nitrogens with zero attached hydrogens (tertiary/aromatic N) is 3. The third kappa shape index (κ3) is 7.22. The molecular weight excluding hydrogens is 483 g/mol. The molecule has 0 bridgehead atoms. The van der Waals surface area contributed by atoms with Gasteiger partial charge in [-0.25, -0.2) is 9.78 Å². The smallest absolute Gasteiger partial charge is 0.416 e. The van der Waals surface area contributed by atoms with Crippen LogP contribution in [0.1, 0.15) is 40.9 Å². The second-order valence-corrected chi connectivity index (χ2v) is 9.23. The molecule has 2 heterocycles. The van der Waals surface area contributed by atoms with E-state index in [9.17, 15) is 18.0 Å². The number of hydrogen-bond donors (Lipinski definition) is 0. The fraction of sp³-hybridized carbons (Fsp3) is 0.357. The summed E-state index contributed by atoms with van der Waals surface area (Å²) >= 11 is 0. The number of carbonyl (C=O) groups is 1. The van der Waals surface area contributed by atoms with Gasteiger partial charge in [-0.2, -0.15) is 13.2 Å². The van der Waals surface area contributed by atoms with Crippen LogP contribution in [0.4, 0.5) is 19.0 Å². The average molecular weight is 514 g/mol. The molecule has 6 nitrogen and oxygen atoms in total. The number of ether oxygens (including phenoxy) is 2. The highest BCUT2D eigenvalue weighted by Gasteiger charge is 2.30. The molecule has 0 aliphatic carbocycles. The molecule has 1 aromatic heterocycles. The summed E-state index contributed by atoms with van der Waals surface area (Å²) in [5.41, 5.74) is 1.29. The van der Waals surface area contributed by atoms with Gasteiger partial charge in [-0.3, -0.25) is 4.90 Å². The summed E-state index contributed by atoms with van der Waals surface area (Å²) in [5, 5.41) is 0. The van der Waals surface area contributed by atoms with Crippen LogP contribution >= 0.6 is 0 Å². The van der Waals surface area contributed by atoms with Crippen molar-refractivity contribution in [2.75, 3.05) is 31.1 Å². The molecule has 0 saturated carbocycles. The summed E-state index contributed by atoms with van der Waals surface area (Å²) < 4.78 is 50.0. The van der Waals surface area contributed by atoms with Crippen molar-refractivity contribution in [1.82, 2.24) is 9.88 Å². The monoisotopic (exact) mass is 513 g/mol. The first kappa shape index (κ1) is 26.5. The number of alkyl halides is 3. The maximum absolute atomic E-state index is 13.0. The van der Waals surface area contributed by atoms with Crippen LogP contribution in [0, 0.1) is 0 Å². The first-order valence-electron chi connectivity index (χ1n) is 12.2. The fourth-order valence-electron chi connectivity index (χ4n) is 4.20. The van der Waals surface area contributed by atoms with Crippen molar-refractivity contribution in [3.63, 3.8) is 0 Å². The Kier molecular flexibility index (Phi) is 8.33. The summed E-state index contributed by atoms with van der Waals surface area (Å²) in [6, 6.07) is 16.2. The number of halogens is 3. The Morgan fingerprint density at radius 3 is 2.43 bits per heavy atom. The second kappa shape index (κ2) is 11.6. The van der Waals surface area contributed by atoms with Crippen LogP contribution in [0.25, 0.3) is 0 Å². The van der Waals surface area contributed by atoms with Crippen molar-refractivity contribution in [2.45, 2.75) is 39.3 Å². The van der Waals surface area contributed by atoms with Gasteiger partial charge in [0.2, 0.25) is 0 Å². The molecule has 1 aliphatic rings. The van der Waals surface area contributed by atoms with E-state index in [1.807, 2.05) is 32.0 Å². The first-order valence-corrected chi connectivity index (χ1v) is 12.2. The van der Waals surface area contributed by atoms with Crippen LogP contribution in [0.2, 0.25) is 0 Å². The van der Waals surface area contributed by atoms with Crippen LogP contribution in [0.15, 0.2) is 66.9 Å². The molecule has 1 fully saturated rings. The van der Waals surface area contributed by atoms with Crippen molar-refractivity contribution in [1.29, 1.82) is 0 Å². The van der Waals surface area contributed by atoms with Crippen molar-refractivity contribution in [3.8, 4) is 5.75 Å². The van der Waals surface area contributed by atoms with E-state index < -0.39 is 11.7 Å². The Balaban J connectivity index is 1.33. The molecule has 196 valence electrons. The van der Waals surface area contributed by atoms with Crippen LogP contribution in [0.3, 0.4) is 0 Å². The zero-order valence-corrected chi connectivity index (χ0v) is 20.9. The molecule has 3 aromatic rings. The molecule has 9 heteroatoms. The van der Waals surface area contributed by atoms with E-state index in [0.29, 0.717) is 42.3 Å². The van der Waals surface area contributed by atoms with Gasteiger partial charge in [-0.1, -0.05) is 24.3 Å². The Bertz CT molecular complexity index is 1210. The molecule has 4 rings (SSSR count). The normalized spacial score (nSPS) is 14.6. The maximum Gasteiger partial charge on any atom is 0.416 e. The third-order valence-corrected chi connectivity index (χ3v) is 5.99. The highest BCUT2D eigenvalue weighted by molar-refractivity contribution is 5.94. The van der Waals surface area contributed by atoms with E-state index in [2.05, 4.69) is 14.8 Å². The van der Waals surface area contributed by atoms with E-state index in [-0.39, 0.29) is 18.7 Å².